The van der Waals surface area contributed by atoms with Gasteiger partial charge in [-0.3, -0.25) is 4.79 Å². The molecule has 4 heteroatoms. The first-order chi connectivity index (χ1) is 9.04. The highest BCUT2D eigenvalue weighted by Crippen LogP contribution is 2.22. The second-order valence-electron chi connectivity index (χ2n) is 5.10. The Balaban J connectivity index is 2.40. The van der Waals surface area contributed by atoms with Crippen molar-refractivity contribution < 1.29 is 4.79 Å². The number of rotatable bonds is 4. The van der Waals surface area contributed by atoms with Gasteiger partial charge in [0.15, 0.2) is 0 Å². The van der Waals surface area contributed by atoms with Crippen molar-refractivity contribution in [2.75, 3.05) is 12.3 Å². The molecule has 1 aromatic heterocycles. The molecule has 2 aromatic rings. The SMILES string of the molecule is CCCN(C(=O)c1c[nH]c2cc(N)ccc12)C(C)C. The van der Waals surface area contributed by atoms with Crippen LogP contribution in [0.15, 0.2) is 24.4 Å². The molecule has 0 atom stereocenters. The van der Waals surface area contributed by atoms with Crippen LogP contribution in [0.3, 0.4) is 0 Å². The minimum Gasteiger partial charge on any atom is -0.399 e. The van der Waals surface area contributed by atoms with Gasteiger partial charge in [-0.1, -0.05) is 6.92 Å². The third kappa shape index (κ3) is 2.57. The highest BCUT2D eigenvalue weighted by Gasteiger charge is 2.20. The summed E-state index contributed by atoms with van der Waals surface area (Å²) in [5.74, 6) is 0.0767. The number of nitrogens with zero attached hydrogens (tertiary/aromatic N) is 1. The summed E-state index contributed by atoms with van der Waals surface area (Å²) in [5.41, 5.74) is 8.07. The molecule has 0 saturated carbocycles. The number of amides is 1. The van der Waals surface area contributed by atoms with Gasteiger partial charge in [-0.2, -0.15) is 0 Å². The summed E-state index contributed by atoms with van der Waals surface area (Å²) in [4.78, 5) is 17.6. The predicted molar refractivity (Wildman–Crippen MR) is 79.2 cm³/mol. The molecule has 1 aromatic carbocycles. The Labute approximate surface area is 113 Å². The monoisotopic (exact) mass is 259 g/mol. The van der Waals surface area contributed by atoms with E-state index in [1.165, 1.54) is 0 Å². The van der Waals surface area contributed by atoms with Gasteiger partial charge in [0, 0.05) is 35.4 Å². The van der Waals surface area contributed by atoms with Crippen LogP contribution in [0, 0.1) is 0 Å². The normalized spacial score (nSPS) is 11.2. The molecule has 0 unspecified atom stereocenters. The lowest BCUT2D eigenvalue weighted by Gasteiger charge is -2.26. The van der Waals surface area contributed by atoms with Crippen molar-refractivity contribution in [2.45, 2.75) is 33.2 Å². The number of aromatic amines is 1. The fraction of sp³-hybridized carbons (Fsp3) is 0.400. The van der Waals surface area contributed by atoms with E-state index in [2.05, 4.69) is 11.9 Å². The lowest BCUT2D eigenvalue weighted by atomic mass is 10.1. The van der Waals surface area contributed by atoms with Crippen molar-refractivity contribution >= 4 is 22.5 Å². The Morgan fingerprint density at radius 1 is 1.42 bits per heavy atom. The quantitative estimate of drug-likeness (QED) is 0.829. The van der Waals surface area contributed by atoms with Gasteiger partial charge in [-0.05, 0) is 38.5 Å². The molecule has 2 rings (SSSR count). The number of carbonyl (C=O) groups is 1. The zero-order valence-corrected chi connectivity index (χ0v) is 11.7. The third-order valence-electron chi connectivity index (χ3n) is 3.28. The van der Waals surface area contributed by atoms with E-state index in [1.807, 2.05) is 36.9 Å². The number of benzene rings is 1. The maximum absolute atomic E-state index is 12.6. The highest BCUT2D eigenvalue weighted by molar-refractivity contribution is 6.07. The molecule has 0 saturated heterocycles. The van der Waals surface area contributed by atoms with Crippen LogP contribution in [-0.4, -0.2) is 28.4 Å². The summed E-state index contributed by atoms with van der Waals surface area (Å²) in [6, 6.07) is 5.78. The third-order valence-corrected chi connectivity index (χ3v) is 3.28. The number of hydrogen-bond donors (Lipinski definition) is 2. The van der Waals surface area contributed by atoms with Gasteiger partial charge >= 0.3 is 0 Å². The van der Waals surface area contributed by atoms with E-state index in [0.29, 0.717) is 5.69 Å². The number of nitrogens with two attached hydrogens (primary N) is 1. The topological polar surface area (TPSA) is 62.1 Å². The summed E-state index contributed by atoms with van der Waals surface area (Å²) in [6.07, 6.45) is 2.73. The van der Waals surface area contributed by atoms with Gasteiger partial charge in [-0.25, -0.2) is 0 Å². The number of H-pyrrole nitrogens is 1. The fourth-order valence-electron chi connectivity index (χ4n) is 2.31. The molecule has 1 heterocycles. The average Bonchev–Trinajstić information content (AvgIpc) is 2.77. The molecular weight excluding hydrogens is 238 g/mol. The number of nitrogen functional groups attached to an aromatic ring is 1. The Morgan fingerprint density at radius 2 is 2.16 bits per heavy atom. The lowest BCUT2D eigenvalue weighted by molar-refractivity contribution is 0.0708. The van der Waals surface area contributed by atoms with Crippen molar-refractivity contribution in [3.63, 3.8) is 0 Å². The van der Waals surface area contributed by atoms with Crippen LogP contribution in [-0.2, 0) is 0 Å². The van der Waals surface area contributed by atoms with Gasteiger partial charge in [0.25, 0.3) is 5.91 Å². The van der Waals surface area contributed by atoms with Crippen LogP contribution in [0.25, 0.3) is 10.9 Å². The summed E-state index contributed by atoms with van der Waals surface area (Å²) < 4.78 is 0. The molecule has 0 spiro atoms. The minimum atomic E-state index is 0.0767. The maximum atomic E-state index is 12.6. The second kappa shape index (κ2) is 5.34. The van der Waals surface area contributed by atoms with E-state index in [-0.39, 0.29) is 11.9 Å². The number of anilines is 1. The average molecular weight is 259 g/mol. The Bertz CT molecular complexity index is 586. The van der Waals surface area contributed by atoms with E-state index in [0.717, 1.165) is 29.4 Å². The Morgan fingerprint density at radius 3 is 2.79 bits per heavy atom. The van der Waals surface area contributed by atoms with E-state index in [1.54, 1.807) is 6.20 Å². The van der Waals surface area contributed by atoms with Crippen LogP contribution in [0.2, 0.25) is 0 Å². The first kappa shape index (κ1) is 13.5. The van der Waals surface area contributed by atoms with Crippen LogP contribution in [0.4, 0.5) is 5.69 Å². The molecule has 4 nitrogen and oxygen atoms in total. The summed E-state index contributed by atoms with van der Waals surface area (Å²) in [6.45, 7) is 6.94. The molecule has 0 radical (unpaired) electrons. The van der Waals surface area contributed by atoms with Crippen LogP contribution in [0.5, 0.6) is 0 Å². The molecule has 102 valence electrons. The van der Waals surface area contributed by atoms with E-state index < -0.39 is 0 Å². The lowest BCUT2D eigenvalue weighted by Crippen LogP contribution is -2.37. The molecule has 0 aliphatic carbocycles. The Hall–Kier alpha value is -1.97. The first-order valence-electron chi connectivity index (χ1n) is 6.72. The highest BCUT2D eigenvalue weighted by atomic mass is 16.2. The Kier molecular flexibility index (Phi) is 3.79. The molecule has 0 aliphatic rings. The number of fused-ring (bicyclic) bond motifs is 1. The largest absolute Gasteiger partial charge is 0.399 e. The van der Waals surface area contributed by atoms with Crippen LogP contribution < -0.4 is 5.73 Å². The van der Waals surface area contributed by atoms with E-state index in [4.69, 9.17) is 5.73 Å². The fourth-order valence-corrected chi connectivity index (χ4v) is 2.31. The molecule has 0 bridgehead atoms. The van der Waals surface area contributed by atoms with Crippen molar-refractivity contribution in [1.82, 2.24) is 9.88 Å². The van der Waals surface area contributed by atoms with Crippen molar-refractivity contribution in [3.05, 3.63) is 30.0 Å². The molecule has 0 aliphatic heterocycles. The first-order valence-corrected chi connectivity index (χ1v) is 6.72. The van der Waals surface area contributed by atoms with Gasteiger partial charge < -0.3 is 15.6 Å². The standard InChI is InChI=1S/C15H21N3O/c1-4-7-18(10(2)3)15(19)13-9-17-14-8-11(16)5-6-12(13)14/h5-6,8-10,17H,4,7,16H2,1-3H3. The van der Waals surface area contributed by atoms with Crippen LogP contribution in [0.1, 0.15) is 37.6 Å². The predicted octanol–water partition coefficient (Wildman–Crippen LogP) is 3.01. The number of hydrogen-bond acceptors (Lipinski definition) is 2. The molecular formula is C15H21N3O. The molecule has 1 amide bonds. The maximum Gasteiger partial charge on any atom is 0.256 e. The van der Waals surface area contributed by atoms with Gasteiger partial charge in [0.2, 0.25) is 0 Å². The summed E-state index contributed by atoms with van der Waals surface area (Å²) in [7, 11) is 0. The number of nitrogens with one attached hydrogen (secondary N) is 1. The molecule has 19 heavy (non-hydrogen) atoms. The molecule has 0 fully saturated rings. The molecule has 3 N–H and O–H groups in total. The smallest absolute Gasteiger partial charge is 0.256 e. The van der Waals surface area contributed by atoms with Crippen molar-refractivity contribution in [2.24, 2.45) is 0 Å². The summed E-state index contributed by atoms with van der Waals surface area (Å²) in [5, 5.41) is 0.931. The van der Waals surface area contributed by atoms with Crippen LogP contribution >= 0.6 is 0 Å². The van der Waals surface area contributed by atoms with E-state index in [9.17, 15) is 4.79 Å². The second-order valence-corrected chi connectivity index (χ2v) is 5.10. The number of aromatic nitrogens is 1. The van der Waals surface area contributed by atoms with Crippen molar-refractivity contribution in [3.8, 4) is 0 Å². The van der Waals surface area contributed by atoms with Crippen molar-refractivity contribution in [1.29, 1.82) is 0 Å². The number of carbonyl (C=O) groups excluding carboxylic acids is 1. The zero-order valence-electron chi connectivity index (χ0n) is 11.7. The van der Waals surface area contributed by atoms with Gasteiger partial charge in [0.1, 0.15) is 0 Å². The summed E-state index contributed by atoms with van der Waals surface area (Å²) >= 11 is 0. The zero-order chi connectivity index (χ0) is 14.0. The van der Waals surface area contributed by atoms with E-state index >= 15 is 0 Å². The van der Waals surface area contributed by atoms with Gasteiger partial charge in [-0.15, -0.1) is 0 Å². The minimum absolute atomic E-state index is 0.0767. The van der Waals surface area contributed by atoms with Gasteiger partial charge in [0.05, 0.1) is 5.56 Å².